The summed E-state index contributed by atoms with van der Waals surface area (Å²) in [7, 11) is 0. The molecule has 0 amide bonds. The number of carboxylic acids is 1. The van der Waals surface area contributed by atoms with Crippen molar-refractivity contribution in [3.05, 3.63) is 18.2 Å². The van der Waals surface area contributed by atoms with Gasteiger partial charge >= 0.3 is 5.97 Å². The molecule has 2 aromatic rings. The molecule has 0 atom stereocenters. The Morgan fingerprint density at radius 2 is 2.20 bits per heavy atom. The van der Waals surface area contributed by atoms with Crippen molar-refractivity contribution in [2.24, 2.45) is 0 Å². The van der Waals surface area contributed by atoms with Gasteiger partial charge in [-0.05, 0) is 6.92 Å². The second kappa shape index (κ2) is 4.71. The molecule has 0 bridgehead atoms. The predicted octanol–water partition coefficient (Wildman–Crippen LogP) is 0.478. The molecule has 3 heterocycles. The highest BCUT2D eigenvalue weighted by molar-refractivity contribution is 5.84. The zero-order chi connectivity index (χ0) is 14.2. The van der Waals surface area contributed by atoms with E-state index in [1.807, 2.05) is 6.92 Å². The molecule has 0 saturated carbocycles. The average Bonchev–Trinajstić information content (AvgIpc) is 2.83. The number of aromatic nitrogens is 4. The van der Waals surface area contributed by atoms with Crippen molar-refractivity contribution in [1.29, 1.82) is 0 Å². The number of nitrogens with zero attached hydrogens (tertiary/aromatic N) is 4. The van der Waals surface area contributed by atoms with Crippen molar-refractivity contribution in [2.45, 2.75) is 25.3 Å². The molecule has 8 heteroatoms. The number of aryl methyl sites for hydroxylation is 1. The van der Waals surface area contributed by atoms with Gasteiger partial charge in [0.15, 0.2) is 5.82 Å². The van der Waals surface area contributed by atoms with Crippen molar-refractivity contribution >= 4 is 17.4 Å². The Labute approximate surface area is 114 Å². The molecule has 0 unspecified atom stereocenters. The number of anilines is 1. The van der Waals surface area contributed by atoms with Gasteiger partial charge < -0.3 is 15.2 Å². The van der Waals surface area contributed by atoms with Crippen LogP contribution in [0.1, 0.15) is 18.7 Å². The van der Waals surface area contributed by atoms with E-state index < -0.39 is 11.5 Å². The minimum absolute atomic E-state index is 0.387. The molecule has 3 rings (SSSR count). The van der Waals surface area contributed by atoms with Crippen LogP contribution in [0.25, 0.3) is 5.65 Å². The molecule has 2 N–H and O–H groups in total. The van der Waals surface area contributed by atoms with Crippen molar-refractivity contribution in [1.82, 2.24) is 19.6 Å². The molecular formula is C12H15N5O3. The Balaban J connectivity index is 2.00. The third-order valence-electron chi connectivity index (χ3n) is 3.61. The number of aliphatic carboxylic acids is 1. The van der Waals surface area contributed by atoms with Crippen LogP contribution in [0.5, 0.6) is 0 Å². The molecule has 20 heavy (non-hydrogen) atoms. The first-order chi connectivity index (χ1) is 9.62. The van der Waals surface area contributed by atoms with Gasteiger partial charge in [-0.1, -0.05) is 0 Å². The Morgan fingerprint density at radius 1 is 1.45 bits per heavy atom. The zero-order valence-corrected chi connectivity index (χ0v) is 11.0. The van der Waals surface area contributed by atoms with Gasteiger partial charge in [-0.15, -0.1) is 10.2 Å². The van der Waals surface area contributed by atoms with E-state index in [-0.39, 0.29) is 0 Å². The lowest BCUT2D eigenvalue weighted by Crippen LogP contribution is -2.50. The molecule has 0 spiro atoms. The van der Waals surface area contributed by atoms with Crippen LogP contribution in [-0.4, -0.2) is 49.4 Å². The monoisotopic (exact) mass is 277 g/mol. The number of hydrogen-bond acceptors (Lipinski definition) is 6. The van der Waals surface area contributed by atoms with E-state index in [1.54, 1.807) is 16.8 Å². The molecule has 1 aliphatic rings. The normalized spacial score (nSPS) is 18.1. The molecular weight excluding hydrogens is 262 g/mol. The molecule has 106 valence electrons. The third-order valence-corrected chi connectivity index (χ3v) is 3.61. The minimum atomic E-state index is -1.06. The fourth-order valence-corrected chi connectivity index (χ4v) is 2.37. The van der Waals surface area contributed by atoms with Crippen LogP contribution in [-0.2, 0) is 9.53 Å². The number of carboxylic acid groups (broad SMARTS) is 1. The number of rotatable bonds is 3. The summed E-state index contributed by atoms with van der Waals surface area (Å²) in [5.74, 6) is 0.250. The number of ether oxygens (including phenoxy) is 1. The van der Waals surface area contributed by atoms with Crippen molar-refractivity contribution < 1.29 is 14.6 Å². The molecule has 0 radical (unpaired) electrons. The van der Waals surface area contributed by atoms with Crippen LogP contribution < -0.4 is 5.32 Å². The highest BCUT2D eigenvalue weighted by Gasteiger charge is 2.41. The van der Waals surface area contributed by atoms with Crippen molar-refractivity contribution in [2.75, 3.05) is 18.5 Å². The quantitative estimate of drug-likeness (QED) is 0.841. The topological polar surface area (TPSA) is 102 Å². The maximum Gasteiger partial charge on any atom is 0.329 e. The summed E-state index contributed by atoms with van der Waals surface area (Å²) in [6.45, 7) is 2.65. The number of carbonyl (C=O) groups is 1. The van der Waals surface area contributed by atoms with Crippen molar-refractivity contribution in [3.63, 3.8) is 0 Å². The summed E-state index contributed by atoms with van der Waals surface area (Å²) in [4.78, 5) is 15.8. The molecule has 0 aliphatic carbocycles. The van der Waals surface area contributed by atoms with Gasteiger partial charge in [0, 0.05) is 38.4 Å². The SMILES string of the molecule is Cc1nnc2c(NC3(C(=O)O)CCOCC3)nccn12. The van der Waals surface area contributed by atoms with E-state index in [1.165, 1.54) is 0 Å². The standard InChI is InChI=1S/C12H15N5O3/c1-8-15-16-10-9(13-4-5-17(8)10)14-12(11(18)19)2-6-20-7-3-12/h4-5H,2-3,6-7H2,1H3,(H,13,14)(H,18,19). The number of hydrogen-bond donors (Lipinski definition) is 2. The van der Waals surface area contributed by atoms with Gasteiger partial charge in [-0.2, -0.15) is 0 Å². The second-order valence-electron chi connectivity index (χ2n) is 4.84. The second-order valence-corrected chi connectivity index (χ2v) is 4.84. The third kappa shape index (κ3) is 1.97. The fraction of sp³-hybridized carbons (Fsp3) is 0.500. The Bertz CT molecular complexity index is 648. The van der Waals surface area contributed by atoms with Crippen LogP contribution in [0.2, 0.25) is 0 Å². The van der Waals surface area contributed by atoms with E-state index in [9.17, 15) is 9.90 Å². The van der Waals surface area contributed by atoms with Crippen molar-refractivity contribution in [3.8, 4) is 0 Å². The fourth-order valence-electron chi connectivity index (χ4n) is 2.37. The Hall–Kier alpha value is -2.22. The average molecular weight is 277 g/mol. The summed E-state index contributed by atoms with van der Waals surface area (Å²) < 4.78 is 7.02. The first-order valence-corrected chi connectivity index (χ1v) is 6.38. The van der Waals surface area contributed by atoms with Gasteiger partial charge in [0.2, 0.25) is 5.65 Å². The summed E-state index contributed by atoms with van der Waals surface area (Å²) in [6, 6.07) is 0. The number of fused-ring (bicyclic) bond motifs is 1. The number of nitrogens with one attached hydrogen (secondary N) is 1. The van der Waals surface area contributed by atoms with Crippen LogP contribution in [0.4, 0.5) is 5.82 Å². The maximum atomic E-state index is 11.6. The van der Waals surface area contributed by atoms with E-state index >= 15 is 0 Å². The summed E-state index contributed by atoms with van der Waals surface area (Å²) in [5, 5.41) is 20.6. The van der Waals surface area contributed by atoms with E-state index in [0.29, 0.717) is 37.5 Å². The first kappa shape index (κ1) is 12.8. The Kier molecular flexibility index (Phi) is 3.01. The van der Waals surface area contributed by atoms with Gasteiger partial charge in [0.05, 0.1) is 0 Å². The lowest BCUT2D eigenvalue weighted by molar-refractivity contribution is -0.145. The Morgan fingerprint density at radius 3 is 2.90 bits per heavy atom. The lowest BCUT2D eigenvalue weighted by atomic mass is 9.90. The molecule has 0 aromatic carbocycles. The lowest BCUT2D eigenvalue weighted by Gasteiger charge is -2.34. The smallest absolute Gasteiger partial charge is 0.329 e. The van der Waals surface area contributed by atoms with Crippen LogP contribution in [0.15, 0.2) is 12.4 Å². The minimum Gasteiger partial charge on any atom is -0.480 e. The predicted molar refractivity (Wildman–Crippen MR) is 69.6 cm³/mol. The molecule has 1 saturated heterocycles. The highest BCUT2D eigenvalue weighted by Crippen LogP contribution is 2.27. The van der Waals surface area contributed by atoms with Crippen LogP contribution in [0, 0.1) is 6.92 Å². The summed E-state index contributed by atoms with van der Waals surface area (Å²) >= 11 is 0. The molecule has 8 nitrogen and oxygen atoms in total. The molecule has 1 fully saturated rings. The van der Waals surface area contributed by atoms with Crippen LogP contribution >= 0.6 is 0 Å². The van der Waals surface area contributed by atoms with E-state index in [2.05, 4.69) is 20.5 Å². The van der Waals surface area contributed by atoms with E-state index in [0.717, 1.165) is 5.82 Å². The van der Waals surface area contributed by atoms with Gasteiger partial charge in [-0.25, -0.2) is 9.78 Å². The van der Waals surface area contributed by atoms with Gasteiger partial charge in [0.25, 0.3) is 0 Å². The zero-order valence-electron chi connectivity index (χ0n) is 11.0. The first-order valence-electron chi connectivity index (χ1n) is 6.38. The van der Waals surface area contributed by atoms with Crippen LogP contribution in [0.3, 0.4) is 0 Å². The maximum absolute atomic E-state index is 11.6. The highest BCUT2D eigenvalue weighted by atomic mass is 16.5. The molecule has 1 aliphatic heterocycles. The largest absolute Gasteiger partial charge is 0.480 e. The summed E-state index contributed by atoms with van der Waals surface area (Å²) in [5.41, 5.74) is -0.537. The van der Waals surface area contributed by atoms with Gasteiger partial charge in [0.1, 0.15) is 11.4 Å². The summed E-state index contributed by atoms with van der Waals surface area (Å²) in [6.07, 6.45) is 4.12. The van der Waals surface area contributed by atoms with Gasteiger partial charge in [-0.3, -0.25) is 4.40 Å². The van der Waals surface area contributed by atoms with E-state index in [4.69, 9.17) is 4.74 Å². The molecule has 2 aromatic heterocycles.